The summed E-state index contributed by atoms with van der Waals surface area (Å²) in [5.41, 5.74) is 1.09. The van der Waals surface area contributed by atoms with Crippen LogP contribution in [-0.2, 0) is 16.1 Å². The van der Waals surface area contributed by atoms with Gasteiger partial charge in [0.25, 0.3) is 0 Å². The van der Waals surface area contributed by atoms with Crippen LogP contribution >= 0.6 is 23.1 Å². The zero-order chi connectivity index (χ0) is 18.6. The summed E-state index contributed by atoms with van der Waals surface area (Å²) in [5, 5.41) is 14.9. The van der Waals surface area contributed by atoms with E-state index in [0.717, 1.165) is 55.4 Å². The number of thiophene rings is 1. The maximum Gasteiger partial charge on any atom is 0.230 e. The molecule has 3 heterocycles. The van der Waals surface area contributed by atoms with Gasteiger partial charge in [0.05, 0.1) is 18.4 Å². The predicted molar refractivity (Wildman–Crippen MR) is 108 cm³/mol. The van der Waals surface area contributed by atoms with Gasteiger partial charge in [-0.3, -0.25) is 9.36 Å². The van der Waals surface area contributed by atoms with Crippen molar-refractivity contribution in [2.75, 3.05) is 12.4 Å². The van der Waals surface area contributed by atoms with Crippen LogP contribution in [0.25, 0.3) is 11.4 Å². The van der Waals surface area contributed by atoms with E-state index in [0.29, 0.717) is 11.8 Å². The summed E-state index contributed by atoms with van der Waals surface area (Å²) in [6.07, 6.45) is 7.01. The first-order valence-electron chi connectivity index (χ1n) is 9.71. The van der Waals surface area contributed by atoms with Gasteiger partial charge in [0, 0.05) is 28.5 Å². The Morgan fingerprint density at radius 1 is 1.33 bits per heavy atom. The first-order chi connectivity index (χ1) is 13.2. The Kier molecular flexibility index (Phi) is 6.14. The molecular formula is C19H26N4O2S2. The Labute approximate surface area is 168 Å². The van der Waals surface area contributed by atoms with E-state index in [1.54, 1.807) is 11.3 Å². The van der Waals surface area contributed by atoms with Crippen LogP contribution < -0.4 is 5.32 Å². The van der Waals surface area contributed by atoms with Crippen LogP contribution in [0.15, 0.2) is 16.6 Å². The number of hydrogen-bond donors (Lipinski definition) is 1. The minimum absolute atomic E-state index is 0.0893. The number of thioether (sulfide) groups is 1. The van der Waals surface area contributed by atoms with Crippen molar-refractivity contribution in [3.63, 3.8) is 0 Å². The summed E-state index contributed by atoms with van der Waals surface area (Å²) in [7, 11) is 0. The van der Waals surface area contributed by atoms with Crippen LogP contribution in [0.5, 0.6) is 0 Å². The largest absolute Gasteiger partial charge is 0.376 e. The highest BCUT2D eigenvalue weighted by Gasteiger charge is 2.23. The Morgan fingerprint density at radius 3 is 2.89 bits per heavy atom. The van der Waals surface area contributed by atoms with Gasteiger partial charge in [0.15, 0.2) is 11.0 Å². The molecule has 2 fully saturated rings. The van der Waals surface area contributed by atoms with E-state index in [2.05, 4.69) is 38.5 Å². The molecule has 2 aromatic rings. The summed E-state index contributed by atoms with van der Waals surface area (Å²) in [5.74, 6) is 1.34. The van der Waals surface area contributed by atoms with Crippen molar-refractivity contribution < 1.29 is 9.53 Å². The number of carbonyl (C=O) groups is 1. The molecule has 2 aliphatic rings. The van der Waals surface area contributed by atoms with Gasteiger partial charge in [0.2, 0.25) is 5.91 Å². The fraction of sp³-hybridized carbons (Fsp3) is 0.632. The zero-order valence-corrected chi connectivity index (χ0v) is 17.3. The lowest BCUT2D eigenvalue weighted by molar-refractivity contribution is -0.119. The molecule has 146 valence electrons. The standard InChI is InChI=1S/C19H26N4O2S2/c1-13-9-14(11-26-13)18-21-22-19(23(18)10-16-7-4-8-25-16)27-12-17(24)20-15-5-2-3-6-15/h9,11,15-16H,2-8,10,12H2,1H3,(H,20,24). The van der Waals surface area contributed by atoms with Gasteiger partial charge in [-0.1, -0.05) is 24.6 Å². The van der Waals surface area contributed by atoms with Crippen LogP contribution in [0.2, 0.25) is 0 Å². The summed E-state index contributed by atoms with van der Waals surface area (Å²) < 4.78 is 7.96. The number of amides is 1. The van der Waals surface area contributed by atoms with Gasteiger partial charge in [-0.15, -0.1) is 21.5 Å². The van der Waals surface area contributed by atoms with E-state index in [1.165, 1.54) is 29.5 Å². The highest BCUT2D eigenvalue weighted by Crippen LogP contribution is 2.29. The predicted octanol–water partition coefficient (Wildman–Crippen LogP) is 3.64. The molecule has 2 aromatic heterocycles. The normalized spacial score (nSPS) is 20.4. The van der Waals surface area contributed by atoms with Crippen molar-refractivity contribution in [1.29, 1.82) is 0 Å². The third kappa shape index (κ3) is 4.73. The molecule has 0 spiro atoms. The number of aromatic nitrogens is 3. The molecule has 8 heteroatoms. The molecule has 27 heavy (non-hydrogen) atoms. The van der Waals surface area contributed by atoms with Crippen LogP contribution in [0, 0.1) is 6.92 Å². The fourth-order valence-electron chi connectivity index (χ4n) is 3.80. The lowest BCUT2D eigenvalue weighted by Crippen LogP contribution is -2.33. The van der Waals surface area contributed by atoms with Crippen molar-refractivity contribution >= 4 is 29.0 Å². The average Bonchev–Trinajstić information content (AvgIpc) is 3.42. The number of rotatable bonds is 7. The number of hydrogen-bond acceptors (Lipinski definition) is 6. The van der Waals surface area contributed by atoms with E-state index in [4.69, 9.17) is 4.74 Å². The number of carbonyl (C=O) groups excluding carboxylic acids is 1. The zero-order valence-electron chi connectivity index (χ0n) is 15.6. The quantitative estimate of drug-likeness (QED) is 0.711. The molecule has 1 unspecified atom stereocenters. The van der Waals surface area contributed by atoms with Gasteiger partial charge in [-0.25, -0.2) is 0 Å². The molecule has 6 nitrogen and oxygen atoms in total. The number of ether oxygens (including phenoxy) is 1. The highest BCUT2D eigenvalue weighted by atomic mass is 32.2. The second kappa shape index (κ2) is 8.75. The Hall–Kier alpha value is -1.38. The van der Waals surface area contributed by atoms with Gasteiger partial charge >= 0.3 is 0 Å². The Balaban J connectivity index is 1.47. The van der Waals surface area contributed by atoms with Gasteiger partial charge in [-0.05, 0) is 38.7 Å². The molecule has 0 bridgehead atoms. The van der Waals surface area contributed by atoms with Gasteiger partial charge < -0.3 is 10.1 Å². The lowest BCUT2D eigenvalue weighted by atomic mass is 10.2. The SMILES string of the molecule is Cc1cc(-c2nnc(SCC(=O)NC3CCCC3)n2CC2CCCO2)cs1. The average molecular weight is 407 g/mol. The van der Waals surface area contributed by atoms with Crippen molar-refractivity contribution in [1.82, 2.24) is 20.1 Å². The Bertz CT molecular complexity index is 777. The first kappa shape index (κ1) is 19.0. The second-order valence-corrected chi connectivity index (χ2v) is 9.39. The van der Waals surface area contributed by atoms with Crippen molar-refractivity contribution in [2.45, 2.75) is 69.3 Å². The summed E-state index contributed by atoms with van der Waals surface area (Å²) in [6.45, 7) is 3.66. The smallest absolute Gasteiger partial charge is 0.230 e. The van der Waals surface area contributed by atoms with Crippen molar-refractivity contribution in [3.8, 4) is 11.4 Å². The third-order valence-corrected chi connectivity index (χ3v) is 7.00. The molecule has 0 aromatic carbocycles. The number of nitrogens with one attached hydrogen (secondary N) is 1. The molecule has 1 saturated heterocycles. The molecule has 1 amide bonds. The molecule has 1 saturated carbocycles. The van der Waals surface area contributed by atoms with Gasteiger partial charge in [-0.2, -0.15) is 0 Å². The van der Waals surface area contributed by atoms with E-state index < -0.39 is 0 Å². The maximum atomic E-state index is 12.3. The van der Waals surface area contributed by atoms with E-state index in [-0.39, 0.29) is 12.0 Å². The second-order valence-electron chi connectivity index (χ2n) is 7.34. The minimum atomic E-state index is 0.0893. The lowest BCUT2D eigenvalue weighted by Gasteiger charge is -2.15. The molecule has 1 N–H and O–H groups in total. The monoisotopic (exact) mass is 406 g/mol. The first-order valence-corrected chi connectivity index (χ1v) is 11.6. The third-order valence-electron chi connectivity index (χ3n) is 5.17. The van der Waals surface area contributed by atoms with E-state index in [1.807, 2.05) is 0 Å². The van der Waals surface area contributed by atoms with Crippen LogP contribution in [0.3, 0.4) is 0 Å². The van der Waals surface area contributed by atoms with Crippen molar-refractivity contribution in [2.24, 2.45) is 0 Å². The molecule has 0 radical (unpaired) electrons. The molecule has 1 aliphatic heterocycles. The number of nitrogens with zero attached hydrogens (tertiary/aromatic N) is 3. The van der Waals surface area contributed by atoms with E-state index >= 15 is 0 Å². The minimum Gasteiger partial charge on any atom is -0.376 e. The van der Waals surface area contributed by atoms with E-state index in [9.17, 15) is 4.79 Å². The van der Waals surface area contributed by atoms with Crippen LogP contribution in [0.1, 0.15) is 43.4 Å². The molecule has 1 aliphatic carbocycles. The van der Waals surface area contributed by atoms with Gasteiger partial charge in [0.1, 0.15) is 0 Å². The van der Waals surface area contributed by atoms with Crippen LogP contribution in [0.4, 0.5) is 0 Å². The molecule has 1 atom stereocenters. The molecule has 4 rings (SSSR count). The number of aryl methyl sites for hydroxylation is 1. The molecular weight excluding hydrogens is 380 g/mol. The maximum absolute atomic E-state index is 12.3. The summed E-state index contributed by atoms with van der Waals surface area (Å²) in [4.78, 5) is 13.5. The topological polar surface area (TPSA) is 69.0 Å². The van der Waals surface area contributed by atoms with Crippen LogP contribution in [-0.4, -0.2) is 45.2 Å². The summed E-state index contributed by atoms with van der Waals surface area (Å²) >= 11 is 3.18. The Morgan fingerprint density at radius 2 is 2.19 bits per heavy atom. The highest BCUT2D eigenvalue weighted by molar-refractivity contribution is 7.99. The van der Waals surface area contributed by atoms with Crippen molar-refractivity contribution in [3.05, 3.63) is 16.3 Å². The fourth-order valence-corrected chi connectivity index (χ4v) is 5.24. The summed E-state index contributed by atoms with van der Waals surface area (Å²) in [6, 6.07) is 2.49.